The summed E-state index contributed by atoms with van der Waals surface area (Å²) in [6.45, 7) is 0. The number of carbonyl (C=O) groups excluding carboxylic acids is 1. The quantitative estimate of drug-likeness (QED) is 0.469. The van der Waals surface area contributed by atoms with Crippen molar-refractivity contribution in [3.05, 3.63) is 107 Å². The number of carboxylic acids is 1. The molecule has 0 fully saturated rings. The van der Waals surface area contributed by atoms with Crippen LogP contribution in [0.25, 0.3) is 10.8 Å². The molecular formula is C24H18N2O4. The van der Waals surface area contributed by atoms with Crippen LogP contribution in [0.3, 0.4) is 0 Å². The maximum Gasteiger partial charge on any atom is 0.339 e. The molecular weight excluding hydrogens is 380 g/mol. The van der Waals surface area contributed by atoms with Crippen LogP contribution in [-0.2, 0) is 0 Å². The number of aromatic carboxylic acids is 1. The van der Waals surface area contributed by atoms with Gasteiger partial charge in [0.15, 0.2) is 0 Å². The topological polar surface area (TPSA) is 99.5 Å². The molecule has 148 valence electrons. The average Bonchev–Trinajstić information content (AvgIpc) is 2.78. The van der Waals surface area contributed by atoms with Gasteiger partial charge in [-0.2, -0.15) is 0 Å². The fourth-order valence-electron chi connectivity index (χ4n) is 3.50. The minimum atomic E-state index is -1.25. The Bertz CT molecular complexity index is 1220. The molecule has 1 amide bonds. The highest BCUT2D eigenvalue weighted by atomic mass is 16.4. The number of phenols is 1. The summed E-state index contributed by atoms with van der Waals surface area (Å²) in [7, 11) is 0. The number of carbonyl (C=O) groups is 2. The van der Waals surface area contributed by atoms with E-state index in [-0.39, 0.29) is 17.2 Å². The first-order chi connectivity index (χ1) is 14.6. The summed E-state index contributed by atoms with van der Waals surface area (Å²) in [4.78, 5) is 28.7. The number of benzene rings is 3. The molecule has 0 spiro atoms. The highest BCUT2D eigenvalue weighted by molar-refractivity contribution is 6.01. The smallest absolute Gasteiger partial charge is 0.339 e. The van der Waals surface area contributed by atoms with E-state index in [1.807, 2.05) is 30.3 Å². The van der Waals surface area contributed by atoms with E-state index in [4.69, 9.17) is 0 Å². The van der Waals surface area contributed by atoms with E-state index in [9.17, 15) is 19.8 Å². The first-order valence-corrected chi connectivity index (χ1v) is 9.30. The molecule has 0 saturated carbocycles. The van der Waals surface area contributed by atoms with Crippen molar-refractivity contribution in [2.45, 2.75) is 6.04 Å². The predicted molar refractivity (Wildman–Crippen MR) is 113 cm³/mol. The minimum absolute atomic E-state index is 0.222. The first kappa shape index (κ1) is 19.1. The van der Waals surface area contributed by atoms with Gasteiger partial charge in [0.2, 0.25) is 0 Å². The van der Waals surface area contributed by atoms with Gasteiger partial charge in [-0.3, -0.25) is 9.78 Å². The number of aromatic hydroxyl groups is 1. The molecule has 4 aromatic rings. The van der Waals surface area contributed by atoms with Crippen LogP contribution in [0, 0.1) is 0 Å². The molecule has 1 aromatic heterocycles. The number of rotatable bonds is 5. The molecule has 1 heterocycles. The monoisotopic (exact) mass is 398 g/mol. The van der Waals surface area contributed by atoms with Gasteiger partial charge in [0, 0.05) is 18.0 Å². The molecule has 0 aliphatic heterocycles. The maximum atomic E-state index is 12.9. The third-order valence-corrected chi connectivity index (χ3v) is 4.91. The maximum absolute atomic E-state index is 12.9. The van der Waals surface area contributed by atoms with E-state index in [0.29, 0.717) is 27.5 Å². The number of nitrogens with zero attached hydrogens (tertiary/aromatic N) is 1. The number of hydrogen-bond acceptors (Lipinski definition) is 4. The van der Waals surface area contributed by atoms with Gasteiger partial charge in [0.1, 0.15) is 11.3 Å². The molecule has 4 rings (SSSR count). The van der Waals surface area contributed by atoms with E-state index >= 15 is 0 Å². The summed E-state index contributed by atoms with van der Waals surface area (Å²) in [5.41, 5.74) is 1.17. The van der Waals surface area contributed by atoms with Crippen LogP contribution >= 0.6 is 0 Å². The summed E-state index contributed by atoms with van der Waals surface area (Å²) in [6, 6.07) is 20.2. The van der Waals surface area contributed by atoms with E-state index < -0.39 is 12.0 Å². The van der Waals surface area contributed by atoms with Crippen molar-refractivity contribution in [2.75, 3.05) is 0 Å². The summed E-state index contributed by atoms with van der Waals surface area (Å²) < 4.78 is 0. The number of amides is 1. The van der Waals surface area contributed by atoms with Crippen molar-refractivity contribution in [2.24, 2.45) is 0 Å². The van der Waals surface area contributed by atoms with Gasteiger partial charge in [-0.25, -0.2) is 4.79 Å². The van der Waals surface area contributed by atoms with Gasteiger partial charge in [-0.15, -0.1) is 0 Å². The van der Waals surface area contributed by atoms with Crippen molar-refractivity contribution in [3.63, 3.8) is 0 Å². The van der Waals surface area contributed by atoms with Crippen molar-refractivity contribution < 1.29 is 19.8 Å². The van der Waals surface area contributed by atoms with Gasteiger partial charge in [0.05, 0.1) is 11.6 Å². The molecule has 0 radical (unpaired) electrons. The third-order valence-electron chi connectivity index (χ3n) is 4.91. The van der Waals surface area contributed by atoms with Crippen LogP contribution in [0.15, 0.2) is 85.2 Å². The van der Waals surface area contributed by atoms with Crippen LogP contribution in [0.4, 0.5) is 0 Å². The summed E-state index contributed by atoms with van der Waals surface area (Å²) in [6.07, 6.45) is 3.02. The normalized spacial score (nSPS) is 11.7. The lowest BCUT2D eigenvalue weighted by atomic mass is 9.90. The molecule has 6 heteroatoms. The first-order valence-electron chi connectivity index (χ1n) is 9.30. The Kier molecular flexibility index (Phi) is 5.13. The highest BCUT2D eigenvalue weighted by Crippen LogP contribution is 2.38. The molecule has 6 nitrogen and oxygen atoms in total. The van der Waals surface area contributed by atoms with Crippen LogP contribution in [0.5, 0.6) is 5.75 Å². The second-order valence-corrected chi connectivity index (χ2v) is 6.77. The molecule has 3 aromatic carbocycles. The Morgan fingerprint density at radius 3 is 2.37 bits per heavy atom. The molecule has 1 unspecified atom stereocenters. The zero-order chi connectivity index (χ0) is 21.1. The summed E-state index contributed by atoms with van der Waals surface area (Å²) in [5, 5.41) is 24.8. The second kappa shape index (κ2) is 8.05. The molecule has 3 N–H and O–H groups in total. The number of hydrogen-bond donors (Lipinski definition) is 3. The molecule has 0 bridgehead atoms. The van der Waals surface area contributed by atoms with Crippen molar-refractivity contribution in [1.29, 1.82) is 0 Å². The molecule has 1 atom stereocenters. The fourth-order valence-corrected chi connectivity index (χ4v) is 3.50. The summed E-state index contributed by atoms with van der Waals surface area (Å²) in [5.74, 6) is -2.01. The second-order valence-electron chi connectivity index (χ2n) is 6.77. The largest absolute Gasteiger partial charge is 0.507 e. The van der Waals surface area contributed by atoms with E-state index in [2.05, 4.69) is 10.3 Å². The van der Waals surface area contributed by atoms with E-state index in [0.717, 1.165) is 0 Å². The number of aromatic nitrogens is 1. The van der Waals surface area contributed by atoms with Crippen LogP contribution in [-0.4, -0.2) is 27.1 Å². The zero-order valence-electron chi connectivity index (χ0n) is 15.8. The Morgan fingerprint density at radius 2 is 1.67 bits per heavy atom. The SMILES string of the molecule is O=C(NC(c1ccccc1)c1c(O)c(C(=O)O)cc2ccccc12)c1cccnc1. The Morgan fingerprint density at radius 1 is 0.933 bits per heavy atom. The predicted octanol–water partition coefficient (Wildman–Crippen LogP) is 4.16. The lowest BCUT2D eigenvalue weighted by Crippen LogP contribution is -2.30. The minimum Gasteiger partial charge on any atom is -0.507 e. The van der Waals surface area contributed by atoms with Gasteiger partial charge in [-0.05, 0) is 34.5 Å². The Hall–Kier alpha value is -4.19. The van der Waals surface area contributed by atoms with Crippen LogP contribution < -0.4 is 5.32 Å². The Balaban J connectivity index is 1.94. The highest BCUT2D eigenvalue weighted by Gasteiger charge is 2.26. The van der Waals surface area contributed by atoms with Crippen molar-refractivity contribution in [1.82, 2.24) is 10.3 Å². The summed E-state index contributed by atoms with van der Waals surface area (Å²) >= 11 is 0. The van der Waals surface area contributed by atoms with E-state index in [1.165, 1.54) is 12.3 Å². The van der Waals surface area contributed by atoms with Crippen LogP contribution in [0.2, 0.25) is 0 Å². The van der Waals surface area contributed by atoms with Gasteiger partial charge in [0.25, 0.3) is 5.91 Å². The van der Waals surface area contributed by atoms with Gasteiger partial charge >= 0.3 is 5.97 Å². The molecule has 30 heavy (non-hydrogen) atoms. The van der Waals surface area contributed by atoms with Gasteiger partial charge in [-0.1, -0.05) is 54.6 Å². The van der Waals surface area contributed by atoms with Crippen LogP contribution in [0.1, 0.15) is 37.9 Å². The standard InChI is InChI=1S/C24H18N2O4/c27-22-19(24(29)30)13-16-9-4-5-11-18(16)20(22)21(15-7-2-1-3-8-15)26-23(28)17-10-6-12-25-14-17/h1-14,21,27H,(H,26,28)(H,29,30). The molecule has 0 saturated heterocycles. The Labute approximate surface area is 172 Å². The van der Waals surface area contributed by atoms with Crippen molar-refractivity contribution >= 4 is 22.6 Å². The average molecular weight is 398 g/mol. The number of fused-ring (bicyclic) bond motifs is 1. The molecule has 0 aliphatic rings. The zero-order valence-corrected chi connectivity index (χ0v) is 15.8. The van der Waals surface area contributed by atoms with Gasteiger partial charge < -0.3 is 15.5 Å². The molecule has 0 aliphatic carbocycles. The third kappa shape index (κ3) is 3.58. The fraction of sp³-hybridized carbons (Fsp3) is 0.0417. The van der Waals surface area contributed by atoms with Crippen molar-refractivity contribution in [3.8, 4) is 5.75 Å². The van der Waals surface area contributed by atoms with E-state index in [1.54, 1.807) is 42.6 Å². The number of carboxylic acid groups (broad SMARTS) is 1. The lowest BCUT2D eigenvalue weighted by Gasteiger charge is -2.23. The lowest BCUT2D eigenvalue weighted by molar-refractivity contribution is 0.0693. The number of pyridine rings is 1. The number of nitrogens with one attached hydrogen (secondary N) is 1.